The third kappa shape index (κ3) is 4.91. The summed E-state index contributed by atoms with van der Waals surface area (Å²) in [4.78, 5) is 25.3. The molecular formula is C14H25NO4. The van der Waals surface area contributed by atoms with Gasteiger partial charge in [0.15, 0.2) is 0 Å². The number of ketones is 1. The fourth-order valence-electron chi connectivity index (χ4n) is 2.11. The van der Waals surface area contributed by atoms with Gasteiger partial charge in [-0.25, -0.2) is 0 Å². The van der Waals surface area contributed by atoms with Gasteiger partial charge >= 0.3 is 0 Å². The van der Waals surface area contributed by atoms with Crippen molar-refractivity contribution in [2.24, 2.45) is 5.92 Å². The highest BCUT2D eigenvalue weighted by Gasteiger charge is 2.35. The number of carbonyl (C=O) groups is 2. The van der Waals surface area contributed by atoms with Crippen molar-refractivity contribution in [2.75, 3.05) is 13.2 Å². The van der Waals surface area contributed by atoms with Crippen molar-refractivity contribution >= 4 is 11.7 Å². The quantitative estimate of drug-likeness (QED) is 0.732. The van der Waals surface area contributed by atoms with Crippen molar-refractivity contribution in [3.8, 4) is 0 Å². The van der Waals surface area contributed by atoms with E-state index < -0.39 is 6.10 Å². The summed E-state index contributed by atoms with van der Waals surface area (Å²) in [5.41, 5.74) is 0. The van der Waals surface area contributed by atoms with Crippen LogP contribution in [0.2, 0.25) is 0 Å². The molecular weight excluding hydrogens is 246 g/mol. The van der Waals surface area contributed by atoms with Crippen LogP contribution in [0.15, 0.2) is 0 Å². The predicted molar refractivity (Wildman–Crippen MR) is 71.7 cm³/mol. The predicted octanol–water partition coefficient (Wildman–Crippen LogP) is 0.988. The molecule has 5 nitrogen and oxygen atoms in total. The Morgan fingerprint density at radius 2 is 1.95 bits per heavy atom. The van der Waals surface area contributed by atoms with Gasteiger partial charge in [-0.3, -0.25) is 9.59 Å². The van der Waals surface area contributed by atoms with E-state index in [9.17, 15) is 14.7 Å². The molecule has 1 rings (SSSR count). The SMILES string of the molecule is CC(C)OC[C@@H]1C[C@@H](O)CN1C(=O)CC(=O)C(C)C. The molecule has 1 aliphatic rings. The van der Waals surface area contributed by atoms with E-state index in [1.165, 1.54) is 0 Å². The van der Waals surface area contributed by atoms with E-state index in [4.69, 9.17) is 4.74 Å². The molecule has 1 amide bonds. The van der Waals surface area contributed by atoms with Crippen LogP contribution >= 0.6 is 0 Å². The van der Waals surface area contributed by atoms with E-state index >= 15 is 0 Å². The van der Waals surface area contributed by atoms with Gasteiger partial charge in [-0.15, -0.1) is 0 Å². The Labute approximate surface area is 114 Å². The molecule has 0 saturated carbocycles. The van der Waals surface area contributed by atoms with Crippen LogP contribution in [-0.2, 0) is 14.3 Å². The topological polar surface area (TPSA) is 66.8 Å². The van der Waals surface area contributed by atoms with E-state index in [2.05, 4.69) is 0 Å². The minimum absolute atomic E-state index is 0.0603. The zero-order valence-corrected chi connectivity index (χ0v) is 12.3. The number of β-amino-alcohol motifs (C(OH)–C–C–N with tert-alkyl or cyclic N) is 1. The molecule has 1 aliphatic heterocycles. The number of aliphatic hydroxyl groups is 1. The van der Waals surface area contributed by atoms with Crippen molar-refractivity contribution in [1.29, 1.82) is 0 Å². The number of hydrogen-bond acceptors (Lipinski definition) is 4. The Balaban J connectivity index is 2.57. The molecule has 1 heterocycles. The van der Waals surface area contributed by atoms with Gasteiger partial charge < -0.3 is 14.7 Å². The number of Topliss-reactive ketones (excluding diaryl/α,β-unsaturated/α-hetero) is 1. The van der Waals surface area contributed by atoms with Crippen LogP contribution in [0.25, 0.3) is 0 Å². The molecule has 1 fully saturated rings. The third-order valence-corrected chi connectivity index (χ3v) is 3.30. The molecule has 1 N–H and O–H groups in total. The molecule has 0 radical (unpaired) electrons. The molecule has 5 heteroatoms. The van der Waals surface area contributed by atoms with Crippen LogP contribution in [0.5, 0.6) is 0 Å². The fourth-order valence-corrected chi connectivity index (χ4v) is 2.11. The average molecular weight is 271 g/mol. The maximum absolute atomic E-state index is 12.1. The van der Waals surface area contributed by atoms with Crippen LogP contribution in [-0.4, -0.2) is 53.1 Å². The van der Waals surface area contributed by atoms with Crippen molar-refractivity contribution < 1.29 is 19.4 Å². The number of rotatable bonds is 6. The van der Waals surface area contributed by atoms with Crippen molar-refractivity contribution in [3.05, 3.63) is 0 Å². The van der Waals surface area contributed by atoms with Gasteiger partial charge in [-0.1, -0.05) is 13.8 Å². The second-order valence-electron chi connectivity index (χ2n) is 5.77. The van der Waals surface area contributed by atoms with Crippen molar-refractivity contribution in [2.45, 2.75) is 58.8 Å². The first-order valence-electron chi connectivity index (χ1n) is 6.93. The minimum atomic E-state index is -0.515. The number of hydrogen-bond donors (Lipinski definition) is 1. The fraction of sp³-hybridized carbons (Fsp3) is 0.857. The first-order chi connectivity index (χ1) is 8.81. The van der Waals surface area contributed by atoms with Gasteiger partial charge in [0.1, 0.15) is 5.78 Å². The molecule has 2 atom stereocenters. The summed E-state index contributed by atoms with van der Waals surface area (Å²) in [7, 11) is 0. The van der Waals surface area contributed by atoms with Gasteiger partial charge in [0.25, 0.3) is 0 Å². The standard InChI is InChI=1S/C14H25NO4/c1-9(2)13(17)6-14(18)15-7-12(16)5-11(15)8-19-10(3)4/h9-12,16H,5-8H2,1-4H3/t11-,12+/m0/s1. The van der Waals surface area contributed by atoms with E-state index in [1.54, 1.807) is 18.7 Å². The zero-order chi connectivity index (χ0) is 14.6. The molecule has 110 valence electrons. The number of ether oxygens (including phenoxy) is 1. The van der Waals surface area contributed by atoms with Crippen LogP contribution in [0, 0.1) is 5.92 Å². The highest BCUT2D eigenvalue weighted by atomic mass is 16.5. The van der Waals surface area contributed by atoms with E-state index in [-0.39, 0.29) is 36.2 Å². The summed E-state index contributed by atoms with van der Waals surface area (Å²) in [5.74, 6) is -0.399. The summed E-state index contributed by atoms with van der Waals surface area (Å²) >= 11 is 0. The third-order valence-electron chi connectivity index (χ3n) is 3.30. The monoisotopic (exact) mass is 271 g/mol. The maximum atomic E-state index is 12.1. The van der Waals surface area contributed by atoms with Gasteiger partial charge in [-0.2, -0.15) is 0 Å². The molecule has 19 heavy (non-hydrogen) atoms. The number of carbonyl (C=O) groups excluding carboxylic acids is 2. The molecule has 0 aromatic carbocycles. The smallest absolute Gasteiger partial charge is 0.230 e. The lowest BCUT2D eigenvalue weighted by Gasteiger charge is -2.25. The summed E-state index contributed by atoms with van der Waals surface area (Å²) in [5, 5.41) is 9.69. The lowest BCUT2D eigenvalue weighted by Crippen LogP contribution is -2.40. The van der Waals surface area contributed by atoms with Crippen LogP contribution in [0.4, 0.5) is 0 Å². The number of nitrogens with zero attached hydrogens (tertiary/aromatic N) is 1. The lowest BCUT2D eigenvalue weighted by atomic mass is 10.1. The second kappa shape index (κ2) is 7.01. The van der Waals surface area contributed by atoms with Gasteiger partial charge in [0.2, 0.25) is 5.91 Å². The largest absolute Gasteiger partial charge is 0.391 e. The van der Waals surface area contributed by atoms with E-state index in [0.717, 1.165) is 0 Å². The van der Waals surface area contributed by atoms with E-state index in [1.807, 2.05) is 13.8 Å². The highest BCUT2D eigenvalue weighted by Crippen LogP contribution is 2.20. The van der Waals surface area contributed by atoms with Crippen molar-refractivity contribution in [1.82, 2.24) is 4.90 Å². The number of likely N-dealkylation sites (tertiary alicyclic amines) is 1. The Morgan fingerprint density at radius 3 is 2.47 bits per heavy atom. The van der Waals surface area contributed by atoms with E-state index in [0.29, 0.717) is 19.6 Å². The first-order valence-corrected chi connectivity index (χ1v) is 6.93. The van der Waals surface area contributed by atoms with Gasteiger partial charge in [0.05, 0.1) is 31.3 Å². The van der Waals surface area contributed by atoms with Crippen molar-refractivity contribution in [3.63, 3.8) is 0 Å². The molecule has 0 spiro atoms. The molecule has 1 saturated heterocycles. The average Bonchev–Trinajstić information content (AvgIpc) is 2.67. The second-order valence-corrected chi connectivity index (χ2v) is 5.77. The molecule has 0 unspecified atom stereocenters. The number of aliphatic hydroxyl groups excluding tert-OH is 1. The first kappa shape index (κ1) is 16.1. The Kier molecular flexibility index (Phi) is 5.94. The minimum Gasteiger partial charge on any atom is -0.391 e. The summed E-state index contributed by atoms with van der Waals surface area (Å²) in [6, 6.07) is -0.120. The number of amides is 1. The summed E-state index contributed by atoms with van der Waals surface area (Å²) < 4.78 is 5.52. The molecule has 0 aromatic heterocycles. The highest BCUT2D eigenvalue weighted by molar-refractivity contribution is 5.99. The maximum Gasteiger partial charge on any atom is 0.230 e. The summed E-state index contributed by atoms with van der Waals surface area (Å²) in [6.45, 7) is 8.15. The Hall–Kier alpha value is -0.940. The van der Waals surface area contributed by atoms with Gasteiger partial charge in [0, 0.05) is 12.5 Å². The molecule has 0 aromatic rings. The Morgan fingerprint density at radius 1 is 1.32 bits per heavy atom. The summed E-state index contributed by atoms with van der Waals surface area (Å²) in [6.07, 6.45) is 0.0162. The van der Waals surface area contributed by atoms with Crippen LogP contribution in [0.3, 0.4) is 0 Å². The van der Waals surface area contributed by atoms with Crippen LogP contribution in [0.1, 0.15) is 40.5 Å². The Bertz CT molecular complexity index is 327. The lowest BCUT2D eigenvalue weighted by molar-refractivity contribution is -0.138. The van der Waals surface area contributed by atoms with Crippen LogP contribution < -0.4 is 0 Å². The molecule has 0 bridgehead atoms. The zero-order valence-electron chi connectivity index (χ0n) is 12.3. The normalized spacial score (nSPS) is 23.4. The van der Waals surface area contributed by atoms with Gasteiger partial charge in [-0.05, 0) is 20.3 Å². The molecule has 0 aliphatic carbocycles.